The Labute approximate surface area is 171 Å². The number of anilines is 1. The highest BCUT2D eigenvalue weighted by Gasteiger charge is 2.22. The van der Waals surface area contributed by atoms with Gasteiger partial charge in [0, 0.05) is 18.7 Å². The molecule has 1 aromatic heterocycles. The van der Waals surface area contributed by atoms with Crippen LogP contribution in [-0.2, 0) is 0 Å². The molecule has 146 valence electrons. The van der Waals surface area contributed by atoms with Gasteiger partial charge in [0.2, 0.25) is 5.95 Å². The first kappa shape index (κ1) is 18.9. The fourth-order valence-electron chi connectivity index (χ4n) is 3.77. The lowest BCUT2D eigenvalue weighted by Gasteiger charge is -2.30. The summed E-state index contributed by atoms with van der Waals surface area (Å²) in [6, 6.07) is 19.7. The highest BCUT2D eigenvalue weighted by atomic mass is 16.1. The molecule has 1 saturated heterocycles. The number of hydrogen-bond donors (Lipinski definition) is 0. The van der Waals surface area contributed by atoms with Gasteiger partial charge in [0.25, 0.3) is 5.56 Å². The molecule has 0 saturated carbocycles. The van der Waals surface area contributed by atoms with Crippen molar-refractivity contribution in [3.8, 4) is 16.9 Å². The molecule has 0 bridgehead atoms. The SMILES string of the molecule is C=C/C=C/c1c(-c2ccccc2)nc(N2CCCCC2)n(-c2ccccc2)c1=O. The molecule has 4 nitrogen and oxygen atoms in total. The number of benzene rings is 2. The van der Waals surface area contributed by atoms with Crippen molar-refractivity contribution < 1.29 is 0 Å². The van der Waals surface area contributed by atoms with Crippen LogP contribution in [-0.4, -0.2) is 22.6 Å². The Balaban J connectivity index is 2.02. The average Bonchev–Trinajstić information content (AvgIpc) is 2.79. The molecule has 0 N–H and O–H groups in total. The van der Waals surface area contributed by atoms with Crippen LogP contribution in [0.5, 0.6) is 0 Å². The molecule has 4 heteroatoms. The van der Waals surface area contributed by atoms with Gasteiger partial charge in [0.1, 0.15) is 0 Å². The summed E-state index contributed by atoms with van der Waals surface area (Å²) in [6.07, 6.45) is 8.73. The molecule has 1 aliphatic heterocycles. The molecule has 0 unspecified atom stereocenters. The third kappa shape index (κ3) is 3.92. The molecular formula is C25H25N3O. The summed E-state index contributed by atoms with van der Waals surface area (Å²) in [5, 5.41) is 0. The molecule has 0 amide bonds. The summed E-state index contributed by atoms with van der Waals surface area (Å²) < 4.78 is 1.75. The highest BCUT2D eigenvalue weighted by molar-refractivity contribution is 5.73. The predicted octanol–water partition coefficient (Wildman–Crippen LogP) is 5.09. The highest BCUT2D eigenvalue weighted by Crippen LogP contribution is 2.27. The van der Waals surface area contributed by atoms with Crippen molar-refractivity contribution in [1.29, 1.82) is 0 Å². The molecule has 0 aliphatic carbocycles. The number of nitrogens with zero attached hydrogens (tertiary/aromatic N) is 3. The largest absolute Gasteiger partial charge is 0.342 e. The number of piperidine rings is 1. The number of rotatable bonds is 5. The van der Waals surface area contributed by atoms with E-state index in [1.54, 1.807) is 16.7 Å². The number of allylic oxidation sites excluding steroid dienone is 2. The van der Waals surface area contributed by atoms with Crippen LogP contribution in [0.3, 0.4) is 0 Å². The van der Waals surface area contributed by atoms with E-state index in [9.17, 15) is 4.79 Å². The van der Waals surface area contributed by atoms with E-state index >= 15 is 0 Å². The van der Waals surface area contributed by atoms with E-state index in [2.05, 4.69) is 11.5 Å². The minimum Gasteiger partial charge on any atom is -0.342 e. The summed E-state index contributed by atoms with van der Waals surface area (Å²) in [5.41, 5.74) is 2.98. The van der Waals surface area contributed by atoms with E-state index in [-0.39, 0.29) is 5.56 Å². The zero-order valence-electron chi connectivity index (χ0n) is 16.5. The summed E-state index contributed by atoms with van der Waals surface area (Å²) in [6.45, 7) is 5.58. The number of aromatic nitrogens is 2. The number of para-hydroxylation sites is 1. The molecule has 1 aliphatic rings. The fourth-order valence-corrected chi connectivity index (χ4v) is 3.77. The van der Waals surface area contributed by atoms with Crippen LogP contribution in [0, 0.1) is 0 Å². The first-order chi connectivity index (χ1) is 14.3. The standard InChI is InChI=1S/C25H25N3O/c1-2-3-17-22-23(20-13-7-4-8-14-20)26-25(27-18-11-6-12-19-27)28(24(22)29)21-15-9-5-10-16-21/h2-5,7-10,13-17H,1,6,11-12,18-19H2/b17-3+. The molecule has 2 heterocycles. The van der Waals surface area contributed by atoms with Crippen molar-refractivity contribution in [2.75, 3.05) is 18.0 Å². The molecule has 1 fully saturated rings. The molecule has 0 atom stereocenters. The van der Waals surface area contributed by atoms with Gasteiger partial charge in [-0.2, -0.15) is 0 Å². The van der Waals surface area contributed by atoms with Crippen molar-refractivity contribution in [2.24, 2.45) is 0 Å². The maximum Gasteiger partial charge on any atom is 0.267 e. The lowest BCUT2D eigenvalue weighted by Crippen LogP contribution is -2.36. The lowest BCUT2D eigenvalue weighted by molar-refractivity contribution is 0.562. The van der Waals surface area contributed by atoms with Crippen LogP contribution in [0.1, 0.15) is 24.8 Å². The van der Waals surface area contributed by atoms with E-state index in [4.69, 9.17) is 4.98 Å². The fraction of sp³-hybridized carbons (Fsp3) is 0.200. The van der Waals surface area contributed by atoms with Crippen molar-refractivity contribution in [1.82, 2.24) is 9.55 Å². The van der Waals surface area contributed by atoms with E-state index in [1.165, 1.54) is 6.42 Å². The molecule has 4 rings (SSSR count). The summed E-state index contributed by atoms with van der Waals surface area (Å²) in [5.74, 6) is 0.718. The van der Waals surface area contributed by atoms with Gasteiger partial charge >= 0.3 is 0 Å². The maximum absolute atomic E-state index is 13.7. The smallest absolute Gasteiger partial charge is 0.267 e. The molecule has 2 aromatic carbocycles. The van der Waals surface area contributed by atoms with Crippen molar-refractivity contribution in [3.05, 3.63) is 95.3 Å². The van der Waals surface area contributed by atoms with Gasteiger partial charge in [-0.25, -0.2) is 9.55 Å². The average molecular weight is 383 g/mol. The summed E-state index contributed by atoms with van der Waals surface area (Å²) in [4.78, 5) is 21.0. The van der Waals surface area contributed by atoms with Crippen LogP contribution in [0.25, 0.3) is 23.0 Å². The monoisotopic (exact) mass is 383 g/mol. The summed E-state index contributed by atoms with van der Waals surface area (Å²) in [7, 11) is 0. The van der Waals surface area contributed by atoms with Gasteiger partial charge in [-0.05, 0) is 37.5 Å². The Kier molecular flexibility index (Phi) is 5.71. The Hall–Kier alpha value is -3.40. The first-order valence-electron chi connectivity index (χ1n) is 10.1. The first-order valence-corrected chi connectivity index (χ1v) is 10.1. The van der Waals surface area contributed by atoms with Crippen molar-refractivity contribution in [2.45, 2.75) is 19.3 Å². The van der Waals surface area contributed by atoms with Gasteiger partial charge in [0.05, 0.1) is 16.9 Å². The Morgan fingerprint density at radius 1 is 0.897 bits per heavy atom. The second kappa shape index (κ2) is 8.74. The summed E-state index contributed by atoms with van der Waals surface area (Å²) >= 11 is 0. The second-order valence-electron chi connectivity index (χ2n) is 7.16. The second-order valence-corrected chi connectivity index (χ2v) is 7.16. The van der Waals surface area contributed by atoms with Crippen molar-refractivity contribution in [3.63, 3.8) is 0 Å². The Bertz CT molecular complexity index is 1060. The van der Waals surface area contributed by atoms with Crippen LogP contribution in [0.2, 0.25) is 0 Å². The van der Waals surface area contributed by atoms with Crippen LogP contribution in [0.4, 0.5) is 5.95 Å². The zero-order chi connectivity index (χ0) is 20.1. The molecule has 0 radical (unpaired) electrons. The normalized spacial score (nSPS) is 14.3. The van der Waals surface area contributed by atoms with Crippen LogP contribution in [0.15, 0.2) is 84.2 Å². The van der Waals surface area contributed by atoms with Gasteiger partial charge in [0.15, 0.2) is 0 Å². The Morgan fingerprint density at radius 2 is 1.55 bits per heavy atom. The van der Waals surface area contributed by atoms with E-state index in [0.29, 0.717) is 11.3 Å². The third-order valence-corrected chi connectivity index (χ3v) is 5.20. The molecular weight excluding hydrogens is 358 g/mol. The van der Waals surface area contributed by atoms with Gasteiger partial charge in [-0.15, -0.1) is 0 Å². The van der Waals surface area contributed by atoms with Crippen LogP contribution < -0.4 is 10.5 Å². The van der Waals surface area contributed by atoms with E-state index in [1.807, 2.05) is 66.7 Å². The zero-order valence-corrected chi connectivity index (χ0v) is 16.5. The molecule has 0 spiro atoms. The molecule has 29 heavy (non-hydrogen) atoms. The Morgan fingerprint density at radius 3 is 2.21 bits per heavy atom. The van der Waals surface area contributed by atoms with Crippen LogP contribution >= 0.6 is 0 Å². The van der Waals surface area contributed by atoms with Gasteiger partial charge in [-0.3, -0.25) is 4.79 Å². The van der Waals surface area contributed by atoms with Gasteiger partial charge in [-0.1, -0.05) is 67.3 Å². The maximum atomic E-state index is 13.7. The molecule has 3 aromatic rings. The third-order valence-electron chi connectivity index (χ3n) is 5.20. The minimum absolute atomic E-state index is 0.0660. The number of hydrogen-bond acceptors (Lipinski definition) is 3. The van der Waals surface area contributed by atoms with Crippen molar-refractivity contribution >= 4 is 12.0 Å². The quantitative estimate of drug-likeness (QED) is 0.576. The minimum atomic E-state index is -0.0660. The van der Waals surface area contributed by atoms with E-state index < -0.39 is 0 Å². The topological polar surface area (TPSA) is 38.1 Å². The van der Waals surface area contributed by atoms with Gasteiger partial charge < -0.3 is 4.90 Å². The predicted molar refractivity (Wildman–Crippen MR) is 121 cm³/mol. The lowest BCUT2D eigenvalue weighted by atomic mass is 10.1. The van der Waals surface area contributed by atoms with E-state index in [0.717, 1.165) is 43.1 Å².